The van der Waals surface area contributed by atoms with Crippen LogP contribution in [0.15, 0.2) is 78.9 Å². The van der Waals surface area contributed by atoms with Gasteiger partial charge in [0.2, 0.25) is 0 Å². The quantitative estimate of drug-likeness (QED) is 0.570. The van der Waals surface area contributed by atoms with Crippen molar-refractivity contribution in [3.8, 4) is 0 Å². The first kappa shape index (κ1) is 22.0. The number of carbonyl (C=O) groups excluding carboxylic acids is 1. The number of nitrogens with one attached hydrogen (secondary N) is 2. The van der Waals surface area contributed by atoms with E-state index >= 15 is 0 Å². The molecule has 1 aliphatic heterocycles. The van der Waals surface area contributed by atoms with Gasteiger partial charge in [-0.05, 0) is 61.1 Å². The number of amides is 1. The van der Waals surface area contributed by atoms with Crippen LogP contribution in [0.4, 0.5) is 11.4 Å². The smallest absolute Gasteiger partial charge is 0.257 e. The van der Waals surface area contributed by atoms with Crippen LogP contribution in [0.25, 0.3) is 0 Å². The third-order valence-electron chi connectivity index (χ3n) is 5.65. The van der Waals surface area contributed by atoms with Crippen molar-refractivity contribution in [2.45, 2.75) is 13.5 Å². The monoisotopic (exact) mass is 444 g/mol. The predicted octanol–water partition coefficient (Wildman–Crippen LogP) is 4.44. The van der Waals surface area contributed by atoms with Gasteiger partial charge in [-0.15, -0.1) is 0 Å². The SMILES string of the molecule is Cc1ccc(C(=O)NC(=S)Nc2ccc(N3CCN(Cc4ccccc4)CC3)cc2)cc1. The van der Waals surface area contributed by atoms with Gasteiger partial charge < -0.3 is 10.2 Å². The Balaban J connectivity index is 1.25. The molecule has 5 nitrogen and oxygen atoms in total. The van der Waals surface area contributed by atoms with Crippen LogP contribution in [0.1, 0.15) is 21.5 Å². The zero-order valence-electron chi connectivity index (χ0n) is 18.3. The van der Waals surface area contributed by atoms with Crippen LogP contribution >= 0.6 is 12.2 Å². The molecule has 1 heterocycles. The number of rotatable bonds is 5. The lowest BCUT2D eigenvalue weighted by Gasteiger charge is -2.36. The highest BCUT2D eigenvalue weighted by molar-refractivity contribution is 7.80. The fourth-order valence-electron chi connectivity index (χ4n) is 3.80. The highest BCUT2D eigenvalue weighted by Crippen LogP contribution is 2.20. The first-order valence-electron chi connectivity index (χ1n) is 10.9. The van der Waals surface area contributed by atoms with Crippen molar-refractivity contribution in [1.82, 2.24) is 10.2 Å². The normalized spacial score (nSPS) is 14.1. The Morgan fingerprint density at radius 3 is 2.19 bits per heavy atom. The molecule has 0 spiro atoms. The second kappa shape index (κ2) is 10.4. The molecular formula is C26H28N4OS. The second-order valence-electron chi connectivity index (χ2n) is 8.07. The summed E-state index contributed by atoms with van der Waals surface area (Å²) >= 11 is 5.30. The van der Waals surface area contributed by atoms with Crippen molar-refractivity contribution in [3.63, 3.8) is 0 Å². The van der Waals surface area contributed by atoms with Crippen LogP contribution in [-0.4, -0.2) is 42.1 Å². The zero-order chi connectivity index (χ0) is 22.3. The van der Waals surface area contributed by atoms with E-state index < -0.39 is 0 Å². The lowest BCUT2D eigenvalue weighted by molar-refractivity contribution is 0.0977. The Hall–Kier alpha value is -3.22. The molecule has 0 aliphatic carbocycles. The summed E-state index contributed by atoms with van der Waals surface area (Å²) in [4.78, 5) is 17.2. The fourth-order valence-corrected chi connectivity index (χ4v) is 4.01. The summed E-state index contributed by atoms with van der Waals surface area (Å²) in [5.41, 5.74) is 5.11. The van der Waals surface area contributed by atoms with Crippen molar-refractivity contribution in [2.75, 3.05) is 36.4 Å². The van der Waals surface area contributed by atoms with E-state index in [4.69, 9.17) is 12.2 Å². The topological polar surface area (TPSA) is 47.6 Å². The molecule has 1 amide bonds. The number of benzene rings is 3. The third kappa shape index (κ3) is 5.93. The number of hydrogen-bond donors (Lipinski definition) is 2. The van der Waals surface area contributed by atoms with Gasteiger partial charge >= 0.3 is 0 Å². The van der Waals surface area contributed by atoms with Crippen LogP contribution < -0.4 is 15.5 Å². The number of aryl methyl sites for hydroxylation is 1. The van der Waals surface area contributed by atoms with E-state index in [9.17, 15) is 4.79 Å². The summed E-state index contributed by atoms with van der Waals surface area (Å²) in [5.74, 6) is -0.215. The summed E-state index contributed by atoms with van der Waals surface area (Å²) in [6.45, 7) is 7.09. The molecule has 0 aromatic heterocycles. The van der Waals surface area contributed by atoms with E-state index in [1.165, 1.54) is 11.3 Å². The molecule has 6 heteroatoms. The van der Waals surface area contributed by atoms with Crippen molar-refractivity contribution in [2.24, 2.45) is 0 Å². The Morgan fingerprint density at radius 1 is 0.875 bits per heavy atom. The molecule has 2 N–H and O–H groups in total. The van der Waals surface area contributed by atoms with E-state index in [-0.39, 0.29) is 11.0 Å². The minimum Gasteiger partial charge on any atom is -0.369 e. The minimum atomic E-state index is -0.215. The average molecular weight is 445 g/mol. The molecule has 164 valence electrons. The van der Waals surface area contributed by atoms with Gasteiger partial charge in [0.1, 0.15) is 0 Å². The first-order chi connectivity index (χ1) is 15.6. The van der Waals surface area contributed by atoms with E-state index in [2.05, 4.69) is 62.9 Å². The van der Waals surface area contributed by atoms with Gasteiger partial charge in [0.05, 0.1) is 0 Å². The Morgan fingerprint density at radius 2 is 1.53 bits per heavy atom. The van der Waals surface area contributed by atoms with Crippen molar-refractivity contribution in [1.29, 1.82) is 0 Å². The Kier molecular flexibility index (Phi) is 7.14. The van der Waals surface area contributed by atoms with Crippen LogP contribution in [0.2, 0.25) is 0 Å². The van der Waals surface area contributed by atoms with E-state index in [0.717, 1.165) is 44.0 Å². The lowest BCUT2D eigenvalue weighted by Crippen LogP contribution is -2.45. The van der Waals surface area contributed by atoms with Gasteiger partial charge in [-0.1, -0.05) is 48.0 Å². The number of nitrogens with zero attached hydrogens (tertiary/aromatic N) is 2. The number of carbonyl (C=O) groups is 1. The molecule has 1 fully saturated rings. The lowest BCUT2D eigenvalue weighted by atomic mass is 10.1. The fraction of sp³-hybridized carbons (Fsp3) is 0.231. The summed E-state index contributed by atoms with van der Waals surface area (Å²) in [5, 5.41) is 6.11. The second-order valence-corrected chi connectivity index (χ2v) is 8.48. The Labute approximate surface area is 195 Å². The molecule has 3 aromatic rings. The molecule has 1 aliphatic rings. The van der Waals surface area contributed by atoms with Crippen molar-refractivity contribution >= 4 is 34.6 Å². The molecule has 4 rings (SSSR count). The molecular weight excluding hydrogens is 416 g/mol. The number of piperazine rings is 1. The zero-order valence-corrected chi connectivity index (χ0v) is 19.1. The van der Waals surface area contributed by atoms with Gasteiger partial charge in [-0.3, -0.25) is 15.0 Å². The summed E-state index contributed by atoms with van der Waals surface area (Å²) in [6.07, 6.45) is 0. The van der Waals surface area contributed by atoms with Crippen molar-refractivity contribution in [3.05, 3.63) is 95.6 Å². The van der Waals surface area contributed by atoms with Crippen molar-refractivity contribution < 1.29 is 4.79 Å². The summed E-state index contributed by atoms with van der Waals surface area (Å²) < 4.78 is 0. The van der Waals surface area contributed by atoms with Gasteiger partial charge in [-0.25, -0.2) is 0 Å². The molecule has 0 atom stereocenters. The average Bonchev–Trinajstić information content (AvgIpc) is 2.81. The van der Waals surface area contributed by atoms with E-state index in [1.807, 2.05) is 31.2 Å². The maximum Gasteiger partial charge on any atom is 0.257 e. The van der Waals surface area contributed by atoms with Crippen LogP contribution in [0.5, 0.6) is 0 Å². The Bertz CT molecular complexity index is 1040. The highest BCUT2D eigenvalue weighted by atomic mass is 32.1. The highest BCUT2D eigenvalue weighted by Gasteiger charge is 2.17. The van der Waals surface area contributed by atoms with Crippen LogP contribution in [-0.2, 0) is 6.54 Å². The number of hydrogen-bond acceptors (Lipinski definition) is 4. The first-order valence-corrected chi connectivity index (χ1v) is 11.3. The molecule has 0 unspecified atom stereocenters. The van der Waals surface area contributed by atoms with Gasteiger partial charge in [0.15, 0.2) is 5.11 Å². The maximum absolute atomic E-state index is 12.3. The van der Waals surface area contributed by atoms with Gasteiger partial charge in [-0.2, -0.15) is 0 Å². The molecule has 0 bridgehead atoms. The molecule has 0 radical (unpaired) electrons. The van der Waals surface area contributed by atoms with Gasteiger partial charge in [0, 0.05) is 49.7 Å². The number of thiocarbonyl (C=S) groups is 1. The van der Waals surface area contributed by atoms with Crippen LogP contribution in [0, 0.1) is 6.92 Å². The summed E-state index contributed by atoms with van der Waals surface area (Å²) in [7, 11) is 0. The van der Waals surface area contributed by atoms with Gasteiger partial charge in [0.25, 0.3) is 5.91 Å². The molecule has 3 aromatic carbocycles. The number of anilines is 2. The largest absolute Gasteiger partial charge is 0.369 e. The van der Waals surface area contributed by atoms with E-state index in [0.29, 0.717) is 5.56 Å². The minimum absolute atomic E-state index is 0.215. The van der Waals surface area contributed by atoms with Crippen LogP contribution in [0.3, 0.4) is 0 Å². The van der Waals surface area contributed by atoms with E-state index in [1.54, 1.807) is 12.1 Å². The predicted molar refractivity (Wildman–Crippen MR) is 135 cm³/mol. The maximum atomic E-state index is 12.3. The molecule has 0 saturated carbocycles. The third-order valence-corrected chi connectivity index (χ3v) is 5.86. The molecule has 32 heavy (non-hydrogen) atoms. The molecule has 1 saturated heterocycles. The summed E-state index contributed by atoms with van der Waals surface area (Å²) in [6, 6.07) is 26.2. The standard InChI is InChI=1S/C26H28N4OS/c1-20-7-9-22(10-8-20)25(31)28-26(32)27-23-11-13-24(14-12-23)30-17-15-29(16-18-30)19-21-5-3-2-4-6-21/h2-14H,15-19H2,1H3,(H2,27,28,31,32).